The molecule has 2 rings (SSSR count). The van der Waals surface area contributed by atoms with E-state index in [0.29, 0.717) is 6.54 Å². The van der Waals surface area contributed by atoms with Crippen LogP contribution < -0.4 is 10.6 Å². The first-order chi connectivity index (χ1) is 9.15. The fraction of sp³-hybridized carbons (Fsp3) is 0.385. The third kappa shape index (κ3) is 3.96. The Morgan fingerprint density at radius 1 is 1.37 bits per heavy atom. The Morgan fingerprint density at radius 2 is 2.11 bits per heavy atom. The molecule has 1 heterocycles. The van der Waals surface area contributed by atoms with Crippen LogP contribution in [0.25, 0.3) is 0 Å². The Morgan fingerprint density at radius 3 is 2.68 bits per heavy atom. The molecule has 19 heavy (non-hydrogen) atoms. The normalized spacial score (nSPS) is 21.1. The fourth-order valence-electron chi connectivity index (χ4n) is 1.68. The van der Waals surface area contributed by atoms with E-state index < -0.39 is 12.3 Å². The summed E-state index contributed by atoms with van der Waals surface area (Å²) in [5.41, 5.74) is 0.918. The van der Waals surface area contributed by atoms with E-state index >= 15 is 0 Å². The standard InChI is InChI=1S/C13H16N2O4/c1-9(16)19-12-11(7-14-12)15-13(17)18-8-10-5-3-2-4-6-10/h2-6,11-12,14H,7-8H2,1H3,(H,15,17)/t11-,12-/m0/s1. The highest BCUT2D eigenvalue weighted by atomic mass is 16.6. The summed E-state index contributed by atoms with van der Waals surface area (Å²) in [6, 6.07) is 9.16. The predicted octanol–water partition coefficient (Wildman–Crippen LogP) is 0.774. The van der Waals surface area contributed by atoms with Crippen molar-refractivity contribution >= 4 is 12.1 Å². The monoisotopic (exact) mass is 264 g/mol. The molecule has 0 saturated carbocycles. The lowest BCUT2D eigenvalue weighted by Gasteiger charge is -2.36. The van der Waals surface area contributed by atoms with Crippen LogP contribution in [-0.2, 0) is 20.9 Å². The lowest BCUT2D eigenvalue weighted by molar-refractivity contribution is -0.154. The van der Waals surface area contributed by atoms with E-state index in [4.69, 9.17) is 9.47 Å². The molecule has 1 aliphatic rings. The summed E-state index contributed by atoms with van der Waals surface area (Å²) < 4.78 is 10.0. The maximum atomic E-state index is 11.5. The van der Waals surface area contributed by atoms with Crippen LogP contribution in [0.3, 0.4) is 0 Å². The molecule has 6 heteroatoms. The summed E-state index contributed by atoms with van der Waals surface area (Å²) in [7, 11) is 0. The van der Waals surface area contributed by atoms with E-state index in [9.17, 15) is 9.59 Å². The van der Waals surface area contributed by atoms with Crippen LogP contribution in [0, 0.1) is 0 Å². The Kier molecular flexibility index (Phi) is 4.35. The van der Waals surface area contributed by atoms with Crippen molar-refractivity contribution < 1.29 is 19.1 Å². The molecule has 1 saturated heterocycles. The number of hydrogen-bond donors (Lipinski definition) is 2. The summed E-state index contributed by atoms with van der Waals surface area (Å²) in [6.45, 7) is 2.09. The molecule has 2 atom stereocenters. The zero-order chi connectivity index (χ0) is 13.7. The summed E-state index contributed by atoms with van der Waals surface area (Å²) in [5.74, 6) is -0.387. The first-order valence-corrected chi connectivity index (χ1v) is 6.03. The van der Waals surface area contributed by atoms with Gasteiger partial charge in [0.2, 0.25) is 0 Å². The van der Waals surface area contributed by atoms with Gasteiger partial charge in [-0.05, 0) is 5.56 Å². The van der Waals surface area contributed by atoms with Crippen LogP contribution in [0.4, 0.5) is 4.79 Å². The highest BCUT2D eigenvalue weighted by Crippen LogP contribution is 2.07. The van der Waals surface area contributed by atoms with E-state index in [0.717, 1.165) is 5.56 Å². The summed E-state index contributed by atoms with van der Waals surface area (Å²) in [4.78, 5) is 22.3. The Hall–Kier alpha value is -2.08. The number of hydrogen-bond acceptors (Lipinski definition) is 5. The molecule has 1 aromatic carbocycles. The molecule has 1 fully saturated rings. The Balaban J connectivity index is 1.71. The van der Waals surface area contributed by atoms with E-state index in [2.05, 4.69) is 10.6 Å². The van der Waals surface area contributed by atoms with Gasteiger partial charge in [-0.25, -0.2) is 4.79 Å². The summed E-state index contributed by atoms with van der Waals surface area (Å²) in [5, 5.41) is 5.53. The van der Waals surface area contributed by atoms with Gasteiger partial charge in [0.1, 0.15) is 6.61 Å². The summed E-state index contributed by atoms with van der Waals surface area (Å²) in [6.07, 6.45) is -0.991. The van der Waals surface area contributed by atoms with Crippen molar-refractivity contribution in [1.82, 2.24) is 10.6 Å². The van der Waals surface area contributed by atoms with Crippen LogP contribution in [0.1, 0.15) is 12.5 Å². The highest BCUT2D eigenvalue weighted by Gasteiger charge is 2.34. The minimum absolute atomic E-state index is 0.213. The van der Waals surface area contributed by atoms with Crippen molar-refractivity contribution in [3.63, 3.8) is 0 Å². The first kappa shape index (κ1) is 13.4. The van der Waals surface area contributed by atoms with Gasteiger partial charge >= 0.3 is 12.1 Å². The second-order valence-corrected chi connectivity index (χ2v) is 4.25. The van der Waals surface area contributed by atoms with Crippen LogP contribution in [0.2, 0.25) is 0 Å². The van der Waals surface area contributed by atoms with Crippen LogP contribution in [0.15, 0.2) is 30.3 Å². The minimum Gasteiger partial charge on any atom is -0.445 e. The van der Waals surface area contributed by atoms with E-state index in [1.165, 1.54) is 6.92 Å². The van der Waals surface area contributed by atoms with Gasteiger partial charge in [-0.1, -0.05) is 30.3 Å². The van der Waals surface area contributed by atoms with Crippen molar-refractivity contribution in [3.05, 3.63) is 35.9 Å². The van der Waals surface area contributed by atoms with Gasteiger partial charge in [-0.2, -0.15) is 0 Å². The molecule has 0 radical (unpaired) electrons. The highest BCUT2D eigenvalue weighted by molar-refractivity contribution is 5.68. The topological polar surface area (TPSA) is 76.7 Å². The van der Waals surface area contributed by atoms with Crippen molar-refractivity contribution in [3.8, 4) is 0 Å². The third-order valence-corrected chi connectivity index (χ3v) is 2.71. The Labute approximate surface area is 111 Å². The van der Waals surface area contributed by atoms with Crippen molar-refractivity contribution in [1.29, 1.82) is 0 Å². The predicted molar refractivity (Wildman–Crippen MR) is 67.1 cm³/mol. The smallest absolute Gasteiger partial charge is 0.407 e. The third-order valence-electron chi connectivity index (χ3n) is 2.71. The molecule has 0 bridgehead atoms. The minimum atomic E-state index is -0.521. The lowest BCUT2D eigenvalue weighted by atomic mass is 10.1. The molecular weight excluding hydrogens is 248 g/mol. The molecular formula is C13H16N2O4. The fourth-order valence-corrected chi connectivity index (χ4v) is 1.68. The maximum absolute atomic E-state index is 11.5. The molecule has 2 N–H and O–H groups in total. The van der Waals surface area contributed by atoms with Gasteiger partial charge < -0.3 is 14.8 Å². The number of nitrogens with one attached hydrogen (secondary N) is 2. The van der Waals surface area contributed by atoms with Crippen LogP contribution >= 0.6 is 0 Å². The number of ether oxygens (including phenoxy) is 2. The second-order valence-electron chi connectivity index (χ2n) is 4.25. The van der Waals surface area contributed by atoms with Crippen LogP contribution in [-0.4, -0.2) is 30.9 Å². The zero-order valence-electron chi connectivity index (χ0n) is 10.6. The number of carbonyl (C=O) groups is 2. The average Bonchev–Trinajstić information content (AvgIpc) is 2.40. The molecule has 0 aromatic heterocycles. The Bertz CT molecular complexity index is 449. The zero-order valence-corrected chi connectivity index (χ0v) is 10.6. The van der Waals surface area contributed by atoms with Gasteiger partial charge in [-0.15, -0.1) is 0 Å². The van der Waals surface area contributed by atoms with Crippen molar-refractivity contribution in [2.75, 3.05) is 6.54 Å². The number of esters is 1. The quantitative estimate of drug-likeness (QED) is 0.786. The first-order valence-electron chi connectivity index (χ1n) is 6.03. The molecule has 0 aliphatic carbocycles. The number of alkyl carbamates (subject to hydrolysis) is 1. The number of benzene rings is 1. The average molecular weight is 264 g/mol. The molecule has 1 aliphatic heterocycles. The molecule has 6 nitrogen and oxygen atoms in total. The van der Waals surface area contributed by atoms with Gasteiger partial charge in [0.05, 0.1) is 6.04 Å². The molecule has 102 valence electrons. The number of rotatable bonds is 4. The maximum Gasteiger partial charge on any atom is 0.407 e. The van der Waals surface area contributed by atoms with Crippen LogP contribution in [0.5, 0.6) is 0 Å². The molecule has 0 spiro atoms. The van der Waals surface area contributed by atoms with Gasteiger partial charge in [0.25, 0.3) is 0 Å². The SMILES string of the molecule is CC(=O)O[C@@H]1NC[C@@H]1NC(=O)OCc1ccccc1. The van der Waals surface area contributed by atoms with E-state index in [1.807, 2.05) is 30.3 Å². The van der Waals surface area contributed by atoms with Gasteiger partial charge in [-0.3, -0.25) is 10.1 Å². The molecule has 1 aromatic rings. The van der Waals surface area contributed by atoms with Crippen molar-refractivity contribution in [2.24, 2.45) is 0 Å². The van der Waals surface area contributed by atoms with Gasteiger partial charge in [0, 0.05) is 13.5 Å². The van der Waals surface area contributed by atoms with Gasteiger partial charge in [0.15, 0.2) is 6.23 Å². The molecule has 0 unspecified atom stereocenters. The van der Waals surface area contributed by atoms with Crippen molar-refractivity contribution in [2.45, 2.75) is 25.8 Å². The second kappa shape index (κ2) is 6.19. The van der Waals surface area contributed by atoms with E-state index in [1.54, 1.807) is 0 Å². The number of carbonyl (C=O) groups excluding carboxylic acids is 2. The number of amides is 1. The van der Waals surface area contributed by atoms with E-state index in [-0.39, 0.29) is 18.6 Å². The molecule has 1 amide bonds. The lowest BCUT2D eigenvalue weighted by Crippen LogP contribution is -2.66. The largest absolute Gasteiger partial charge is 0.445 e. The summed E-state index contributed by atoms with van der Waals surface area (Å²) >= 11 is 0.